The van der Waals surface area contributed by atoms with Crippen molar-refractivity contribution in [3.05, 3.63) is 64.5 Å². The van der Waals surface area contributed by atoms with Gasteiger partial charge in [0.05, 0.1) is 24.4 Å². The van der Waals surface area contributed by atoms with Crippen molar-refractivity contribution < 1.29 is 18.3 Å². The van der Waals surface area contributed by atoms with E-state index in [9.17, 15) is 13.6 Å². The fraction of sp³-hybridized carbons (Fsp3) is 0.348. The number of hydrogen-bond acceptors (Lipinski definition) is 6. The predicted molar refractivity (Wildman–Crippen MR) is 117 cm³/mol. The summed E-state index contributed by atoms with van der Waals surface area (Å²) in [6.45, 7) is 3.35. The number of rotatable bonds is 6. The normalized spacial score (nSPS) is 17.2. The van der Waals surface area contributed by atoms with E-state index >= 15 is 0 Å². The molecule has 0 aliphatic carbocycles. The van der Waals surface area contributed by atoms with Crippen molar-refractivity contribution in [1.29, 1.82) is 0 Å². The van der Waals surface area contributed by atoms with E-state index in [4.69, 9.17) is 16.2 Å². The number of fused-ring (bicyclic) bond motifs is 3. The fourth-order valence-corrected chi connectivity index (χ4v) is 3.91. The van der Waals surface area contributed by atoms with E-state index < -0.39 is 18.6 Å². The van der Waals surface area contributed by atoms with Crippen LogP contribution in [0.4, 0.5) is 14.6 Å². The Bertz CT molecular complexity index is 1160. The highest BCUT2D eigenvalue weighted by atomic mass is 19.1. The largest absolute Gasteiger partial charge is 0.383 e. The number of nitrogens with zero attached hydrogens (tertiary/aromatic N) is 3. The van der Waals surface area contributed by atoms with Crippen LogP contribution in [-0.2, 0) is 23.7 Å². The number of halogens is 2. The average molecular weight is 441 g/mol. The lowest BCUT2D eigenvalue weighted by Crippen LogP contribution is -2.31. The van der Waals surface area contributed by atoms with Crippen LogP contribution in [0.15, 0.2) is 36.5 Å². The summed E-state index contributed by atoms with van der Waals surface area (Å²) in [6, 6.07) is 8.39. The maximum Gasteiger partial charge on any atom is 0.254 e. The first-order valence-electron chi connectivity index (χ1n) is 10.3. The van der Waals surface area contributed by atoms with Crippen molar-refractivity contribution >= 4 is 22.6 Å². The van der Waals surface area contributed by atoms with Crippen molar-refractivity contribution in [2.24, 2.45) is 5.73 Å². The van der Waals surface area contributed by atoms with Gasteiger partial charge in [0.25, 0.3) is 5.91 Å². The Morgan fingerprint density at radius 1 is 1.34 bits per heavy atom. The molecule has 4 N–H and O–H groups in total. The lowest BCUT2D eigenvalue weighted by molar-refractivity contribution is 0.0483. The number of carbonyl (C=O) groups excluding carboxylic acids is 1. The molecule has 4 rings (SSSR count). The Labute approximate surface area is 184 Å². The Morgan fingerprint density at radius 2 is 2.12 bits per heavy atom. The van der Waals surface area contributed by atoms with Crippen molar-refractivity contribution in [3.8, 4) is 0 Å². The highest BCUT2D eigenvalue weighted by Gasteiger charge is 2.29. The highest BCUT2D eigenvalue weighted by Crippen LogP contribution is 2.38. The third-order valence-electron chi connectivity index (χ3n) is 5.71. The van der Waals surface area contributed by atoms with E-state index in [1.165, 1.54) is 13.1 Å². The quantitative estimate of drug-likeness (QED) is 0.567. The molecule has 32 heavy (non-hydrogen) atoms. The number of nitrogens with two attached hydrogens (primary N) is 2. The number of ether oxygens (including phenoxy) is 1. The zero-order valence-corrected chi connectivity index (χ0v) is 17.9. The molecular formula is C23H25F2N5O2. The molecule has 0 saturated heterocycles. The van der Waals surface area contributed by atoms with Gasteiger partial charge in [-0.05, 0) is 43.7 Å². The second-order valence-electron chi connectivity index (χ2n) is 8.01. The van der Waals surface area contributed by atoms with Crippen LogP contribution in [0.3, 0.4) is 0 Å². The van der Waals surface area contributed by atoms with Gasteiger partial charge in [-0.2, -0.15) is 0 Å². The van der Waals surface area contributed by atoms with Crippen LogP contribution in [0.5, 0.6) is 0 Å². The molecule has 0 saturated carbocycles. The summed E-state index contributed by atoms with van der Waals surface area (Å²) in [6.07, 6.45) is 0.645. The number of benzene rings is 1. The van der Waals surface area contributed by atoms with E-state index in [1.54, 1.807) is 35.2 Å². The van der Waals surface area contributed by atoms with Crippen LogP contribution in [-0.4, -0.2) is 34.0 Å². The minimum absolute atomic E-state index is 0.194. The van der Waals surface area contributed by atoms with Gasteiger partial charge in [0.1, 0.15) is 18.6 Å². The number of hydrogen-bond donors (Lipinski definition) is 2. The number of anilines is 1. The summed E-state index contributed by atoms with van der Waals surface area (Å²) in [5, 5.41) is 0.722. The molecule has 1 amide bonds. The molecule has 3 heterocycles. The van der Waals surface area contributed by atoms with Crippen LogP contribution < -0.4 is 11.5 Å². The summed E-state index contributed by atoms with van der Waals surface area (Å²) < 4.78 is 32.7. The van der Waals surface area contributed by atoms with E-state index in [0.717, 1.165) is 10.9 Å². The number of pyridine rings is 2. The molecule has 2 atom stereocenters. The zero-order valence-electron chi connectivity index (χ0n) is 17.9. The molecule has 0 spiro atoms. The monoisotopic (exact) mass is 441 g/mol. The molecule has 1 aliphatic rings. The molecule has 1 aromatic carbocycles. The van der Waals surface area contributed by atoms with Crippen molar-refractivity contribution in [1.82, 2.24) is 14.9 Å². The Balaban J connectivity index is 1.63. The molecule has 7 nitrogen and oxygen atoms in total. The van der Waals surface area contributed by atoms with E-state index in [-0.39, 0.29) is 30.4 Å². The summed E-state index contributed by atoms with van der Waals surface area (Å²) in [5.74, 6) is -1.92. The van der Waals surface area contributed by atoms with Crippen LogP contribution in [0.1, 0.15) is 52.7 Å². The van der Waals surface area contributed by atoms with E-state index in [2.05, 4.69) is 9.97 Å². The number of carbonyl (C=O) groups is 1. The molecular weight excluding hydrogens is 416 g/mol. The van der Waals surface area contributed by atoms with Crippen LogP contribution in [0.2, 0.25) is 0 Å². The summed E-state index contributed by atoms with van der Waals surface area (Å²) >= 11 is 0. The first kappa shape index (κ1) is 22.0. The maximum atomic E-state index is 13.9. The molecule has 168 valence electrons. The molecule has 2 unspecified atom stereocenters. The van der Waals surface area contributed by atoms with Gasteiger partial charge in [-0.3, -0.25) is 15.5 Å². The highest BCUT2D eigenvalue weighted by molar-refractivity contribution is 5.99. The van der Waals surface area contributed by atoms with Gasteiger partial charge in [0, 0.05) is 34.8 Å². The molecule has 0 fully saturated rings. The Hall–Kier alpha value is -3.17. The third kappa shape index (κ3) is 4.01. The smallest absolute Gasteiger partial charge is 0.254 e. The molecule has 0 bridgehead atoms. The van der Waals surface area contributed by atoms with Gasteiger partial charge >= 0.3 is 0 Å². The van der Waals surface area contributed by atoms with Crippen LogP contribution in [0.25, 0.3) is 10.9 Å². The Kier molecular flexibility index (Phi) is 5.79. The number of nitrogen functional groups attached to an aromatic ring is 1. The molecule has 2 aromatic heterocycles. The van der Waals surface area contributed by atoms with Gasteiger partial charge in [-0.25, -0.2) is 13.8 Å². The summed E-state index contributed by atoms with van der Waals surface area (Å²) in [7, 11) is 0. The summed E-state index contributed by atoms with van der Waals surface area (Å²) in [5.41, 5.74) is 14.8. The van der Waals surface area contributed by atoms with Crippen molar-refractivity contribution in [2.45, 2.75) is 38.9 Å². The van der Waals surface area contributed by atoms with Gasteiger partial charge < -0.3 is 15.4 Å². The lowest BCUT2D eigenvalue weighted by Gasteiger charge is -2.21. The van der Waals surface area contributed by atoms with Crippen LogP contribution >= 0.6 is 0 Å². The van der Waals surface area contributed by atoms with E-state index in [1.807, 2.05) is 6.92 Å². The SMILES string of the molecule is CCN(Cc1ccc(C(C)(N)F)cn1)C(=O)c1ccc2nc(N)c3c(c2c1)COC3CF. The molecule has 1 aliphatic heterocycles. The summed E-state index contributed by atoms with van der Waals surface area (Å²) in [4.78, 5) is 23.5. The Morgan fingerprint density at radius 3 is 2.75 bits per heavy atom. The second-order valence-corrected chi connectivity index (χ2v) is 8.01. The van der Waals surface area contributed by atoms with Crippen molar-refractivity contribution in [2.75, 3.05) is 19.0 Å². The van der Waals surface area contributed by atoms with Gasteiger partial charge in [-0.1, -0.05) is 6.07 Å². The average Bonchev–Trinajstić information content (AvgIpc) is 3.22. The topological polar surface area (TPSA) is 107 Å². The predicted octanol–water partition coefficient (Wildman–Crippen LogP) is 3.52. The molecule has 9 heteroatoms. The number of aromatic nitrogens is 2. The second kappa shape index (κ2) is 8.40. The number of alkyl halides is 2. The lowest BCUT2D eigenvalue weighted by atomic mass is 10.00. The first-order valence-corrected chi connectivity index (χ1v) is 10.3. The maximum absolute atomic E-state index is 13.9. The van der Waals surface area contributed by atoms with Gasteiger partial charge in [-0.15, -0.1) is 0 Å². The molecule has 3 aromatic rings. The fourth-order valence-electron chi connectivity index (χ4n) is 3.91. The first-order chi connectivity index (χ1) is 15.2. The van der Waals surface area contributed by atoms with Crippen LogP contribution in [0, 0.1) is 0 Å². The molecule has 0 radical (unpaired) electrons. The minimum Gasteiger partial charge on any atom is -0.383 e. The zero-order chi connectivity index (χ0) is 23.0. The minimum atomic E-state index is -1.97. The van der Waals surface area contributed by atoms with Crippen molar-refractivity contribution in [3.63, 3.8) is 0 Å². The van der Waals surface area contributed by atoms with Gasteiger partial charge in [0.2, 0.25) is 0 Å². The van der Waals surface area contributed by atoms with E-state index in [0.29, 0.717) is 28.9 Å². The standard InChI is InChI=1S/C23H25F2N5O2/c1-3-30(11-15-6-5-14(10-28-15)23(2,25)27)22(31)13-4-7-18-16(8-13)17-12-32-19(9-24)20(17)21(26)29-18/h4-8,10,19H,3,9,11-12,27H2,1-2H3,(H2,26,29). The number of amides is 1. The third-order valence-corrected chi connectivity index (χ3v) is 5.71. The van der Waals surface area contributed by atoms with Gasteiger partial charge in [0.15, 0.2) is 5.79 Å².